The lowest BCUT2D eigenvalue weighted by Crippen LogP contribution is -2.39. The maximum absolute atomic E-state index is 13.0. The summed E-state index contributed by atoms with van der Waals surface area (Å²) in [5.74, 6) is -1.15. The maximum atomic E-state index is 13.0. The minimum atomic E-state index is -0.857. The third kappa shape index (κ3) is 4.33. The molecule has 1 aromatic carbocycles. The van der Waals surface area contributed by atoms with Crippen molar-refractivity contribution < 1.29 is 14.3 Å². The first-order chi connectivity index (χ1) is 8.54. The number of carboxylic acids is 1. The zero-order valence-electron chi connectivity index (χ0n) is 10.7. The van der Waals surface area contributed by atoms with E-state index in [2.05, 4.69) is 5.32 Å². The molecule has 0 heterocycles. The van der Waals surface area contributed by atoms with E-state index in [4.69, 9.17) is 5.11 Å². The zero-order chi connectivity index (χ0) is 13.5. The number of benzene rings is 1. The van der Waals surface area contributed by atoms with E-state index in [-0.39, 0.29) is 5.82 Å². The normalized spacial score (nSPS) is 12.2. The lowest BCUT2D eigenvalue weighted by Gasteiger charge is -2.21. The van der Waals surface area contributed by atoms with Crippen LogP contribution >= 0.6 is 0 Å². The molecule has 1 unspecified atom stereocenters. The Labute approximate surface area is 106 Å². The Morgan fingerprint density at radius 3 is 2.83 bits per heavy atom. The van der Waals surface area contributed by atoms with Crippen molar-refractivity contribution in [1.29, 1.82) is 0 Å². The molecular formula is C13H19FN2O2. The van der Waals surface area contributed by atoms with E-state index in [1.807, 2.05) is 18.9 Å². The van der Waals surface area contributed by atoms with Crippen molar-refractivity contribution in [1.82, 2.24) is 5.32 Å². The van der Waals surface area contributed by atoms with Crippen LogP contribution in [0.5, 0.6) is 0 Å². The highest BCUT2D eigenvalue weighted by atomic mass is 19.1. The highest BCUT2D eigenvalue weighted by Gasteiger charge is 2.16. The first kappa shape index (κ1) is 14.4. The van der Waals surface area contributed by atoms with Crippen molar-refractivity contribution >= 4 is 11.7 Å². The Kier molecular flexibility index (Phi) is 5.58. The molecule has 1 rings (SSSR count). The quantitative estimate of drug-likeness (QED) is 0.778. The van der Waals surface area contributed by atoms with Gasteiger partial charge in [-0.25, -0.2) is 4.39 Å². The molecule has 0 aliphatic carbocycles. The van der Waals surface area contributed by atoms with Gasteiger partial charge in [0.1, 0.15) is 11.9 Å². The molecule has 4 nitrogen and oxygen atoms in total. The molecule has 0 aliphatic heterocycles. The second-order valence-corrected chi connectivity index (χ2v) is 4.14. The molecule has 0 saturated carbocycles. The summed E-state index contributed by atoms with van der Waals surface area (Å²) in [7, 11) is 1.82. The van der Waals surface area contributed by atoms with Crippen LogP contribution in [-0.2, 0) is 4.79 Å². The molecule has 0 spiro atoms. The standard InChI is InChI=1S/C13H19FN2O2/c1-3-15-12(13(17)18)7-8-16(2)11-6-4-5-10(14)9-11/h4-6,9,12,15H,3,7-8H2,1-2H3,(H,17,18). The number of hydrogen-bond donors (Lipinski definition) is 2. The van der Waals surface area contributed by atoms with E-state index >= 15 is 0 Å². The maximum Gasteiger partial charge on any atom is 0.320 e. The average Bonchev–Trinajstić information content (AvgIpc) is 2.33. The van der Waals surface area contributed by atoms with Crippen molar-refractivity contribution in [2.24, 2.45) is 0 Å². The van der Waals surface area contributed by atoms with E-state index in [0.717, 1.165) is 5.69 Å². The minimum Gasteiger partial charge on any atom is -0.480 e. The van der Waals surface area contributed by atoms with Crippen LogP contribution in [0.2, 0.25) is 0 Å². The molecule has 0 radical (unpaired) electrons. The number of halogens is 1. The molecule has 1 aromatic rings. The SMILES string of the molecule is CCNC(CCN(C)c1cccc(F)c1)C(=O)O. The molecule has 0 bridgehead atoms. The third-order valence-corrected chi connectivity index (χ3v) is 2.75. The van der Waals surface area contributed by atoms with Crippen molar-refractivity contribution in [3.63, 3.8) is 0 Å². The summed E-state index contributed by atoms with van der Waals surface area (Å²) in [5, 5.41) is 11.9. The largest absolute Gasteiger partial charge is 0.480 e. The fourth-order valence-electron chi connectivity index (χ4n) is 1.72. The highest BCUT2D eigenvalue weighted by molar-refractivity contribution is 5.73. The van der Waals surface area contributed by atoms with Gasteiger partial charge in [-0.05, 0) is 31.2 Å². The molecule has 2 N–H and O–H groups in total. The predicted octanol–water partition coefficient (Wildman–Crippen LogP) is 1.71. The van der Waals surface area contributed by atoms with Gasteiger partial charge in [0.05, 0.1) is 0 Å². The van der Waals surface area contributed by atoms with Gasteiger partial charge < -0.3 is 15.3 Å². The van der Waals surface area contributed by atoms with Gasteiger partial charge in [0.2, 0.25) is 0 Å². The second kappa shape index (κ2) is 6.96. The molecular weight excluding hydrogens is 235 g/mol. The number of nitrogens with one attached hydrogen (secondary N) is 1. The Balaban J connectivity index is 2.54. The number of aliphatic carboxylic acids is 1. The summed E-state index contributed by atoms with van der Waals surface area (Å²) in [6.07, 6.45) is 0.468. The highest BCUT2D eigenvalue weighted by Crippen LogP contribution is 2.14. The average molecular weight is 254 g/mol. The van der Waals surface area contributed by atoms with E-state index in [1.165, 1.54) is 12.1 Å². The van der Waals surface area contributed by atoms with Crippen LogP contribution in [0.4, 0.5) is 10.1 Å². The van der Waals surface area contributed by atoms with Gasteiger partial charge in [0, 0.05) is 19.3 Å². The molecule has 0 aromatic heterocycles. The first-order valence-electron chi connectivity index (χ1n) is 5.97. The molecule has 5 heteroatoms. The summed E-state index contributed by atoms with van der Waals surface area (Å²) in [6, 6.07) is 5.69. The molecule has 1 atom stereocenters. The van der Waals surface area contributed by atoms with Gasteiger partial charge in [-0.2, -0.15) is 0 Å². The number of rotatable bonds is 7. The summed E-state index contributed by atoms with van der Waals surface area (Å²) in [4.78, 5) is 12.8. The first-order valence-corrected chi connectivity index (χ1v) is 5.97. The lowest BCUT2D eigenvalue weighted by molar-refractivity contribution is -0.139. The van der Waals surface area contributed by atoms with E-state index in [0.29, 0.717) is 19.5 Å². The Hall–Kier alpha value is -1.62. The van der Waals surface area contributed by atoms with Crippen LogP contribution in [0.25, 0.3) is 0 Å². The van der Waals surface area contributed by atoms with E-state index in [1.54, 1.807) is 12.1 Å². The molecule has 0 aliphatic rings. The molecule has 0 saturated heterocycles. The van der Waals surface area contributed by atoms with Gasteiger partial charge in [0.15, 0.2) is 0 Å². The monoisotopic (exact) mass is 254 g/mol. The topological polar surface area (TPSA) is 52.6 Å². The Morgan fingerprint density at radius 2 is 2.28 bits per heavy atom. The fraction of sp³-hybridized carbons (Fsp3) is 0.462. The van der Waals surface area contributed by atoms with Crippen LogP contribution < -0.4 is 10.2 Å². The van der Waals surface area contributed by atoms with Crippen LogP contribution in [0.15, 0.2) is 24.3 Å². The molecule has 100 valence electrons. The van der Waals surface area contributed by atoms with Crippen molar-refractivity contribution in [3.8, 4) is 0 Å². The van der Waals surface area contributed by atoms with Crippen molar-refractivity contribution in [2.45, 2.75) is 19.4 Å². The number of hydrogen-bond acceptors (Lipinski definition) is 3. The lowest BCUT2D eigenvalue weighted by atomic mass is 10.2. The second-order valence-electron chi connectivity index (χ2n) is 4.14. The molecule has 0 fully saturated rings. The third-order valence-electron chi connectivity index (χ3n) is 2.75. The Morgan fingerprint density at radius 1 is 1.56 bits per heavy atom. The summed E-state index contributed by atoms with van der Waals surface area (Å²) in [6.45, 7) is 3.03. The van der Waals surface area contributed by atoms with Crippen LogP contribution in [0, 0.1) is 5.82 Å². The Bertz CT molecular complexity index is 398. The number of carbonyl (C=O) groups is 1. The molecule has 18 heavy (non-hydrogen) atoms. The van der Waals surface area contributed by atoms with Crippen LogP contribution in [-0.4, -0.2) is 37.3 Å². The summed E-state index contributed by atoms with van der Waals surface area (Å²) in [5.41, 5.74) is 0.746. The number of likely N-dealkylation sites (N-methyl/N-ethyl adjacent to an activating group) is 1. The zero-order valence-corrected chi connectivity index (χ0v) is 10.7. The minimum absolute atomic E-state index is 0.291. The van der Waals surface area contributed by atoms with E-state index in [9.17, 15) is 9.18 Å². The number of anilines is 1. The van der Waals surface area contributed by atoms with Gasteiger partial charge in [-0.1, -0.05) is 13.0 Å². The summed E-state index contributed by atoms with van der Waals surface area (Å²) >= 11 is 0. The van der Waals surface area contributed by atoms with Gasteiger partial charge in [-0.3, -0.25) is 4.79 Å². The van der Waals surface area contributed by atoms with Crippen LogP contribution in [0.1, 0.15) is 13.3 Å². The van der Waals surface area contributed by atoms with Crippen molar-refractivity contribution in [2.75, 3.05) is 25.0 Å². The number of nitrogens with zero attached hydrogens (tertiary/aromatic N) is 1. The van der Waals surface area contributed by atoms with Crippen LogP contribution in [0.3, 0.4) is 0 Å². The van der Waals surface area contributed by atoms with Gasteiger partial charge >= 0.3 is 5.97 Å². The smallest absolute Gasteiger partial charge is 0.320 e. The predicted molar refractivity (Wildman–Crippen MR) is 69.4 cm³/mol. The fourth-order valence-corrected chi connectivity index (χ4v) is 1.72. The summed E-state index contributed by atoms with van der Waals surface area (Å²) < 4.78 is 13.0. The van der Waals surface area contributed by atoms with Gasteiger partial charge in [-0.15, -0.1) is 0 Å². The molecule has 0 amide bonds. The number of carboxylic acid groups (broad SMARTS) is 1. The van der Waals surface area contributed by atoms with Gasteiger partial charge in [0.25, 0.3) is 0 Å². The van der Waals surface area contributed by atoms with Crippen molar-refractivity contribution in [3.05, 3.63) is 30.1 Å². The van der Waals surface area contributed by atoms with E-state index < -0.39 is 12.0 Å².